The lowest BCUT2D eigenvalue weighted by Crippen LogP contribution is -2.46. The highest BCUT2D eigenvalue weighted by Crippen LogP contribution is 2.19. The van der Waals surface area contributed by atoms with Crippen LogP contribution in [0.2, 0.25) is 0 Å². The highest BCUT2D eigenvalue weighted by Gasteiger charge is 2.33. The first-order chi connectivity index (χ1) is 8.84. The molecule has 0 aliphatic carbocycles. The zero-order chi connectivity index (χ0) is 14.6. The van der Waals surface area contributed by atoms with E-state index in [2.05, 4.69) is 0 Å². The van der Waals surface area contributed by atoms with Crippen LogP contribution in [-0.4, -0.2) is 30.6 Å². The number of carbonyl (C=O) groups is 1. The molecule has 3 nitrogen and oxygen atoms in total. The van der Waals surface area contributed by atoms with E-state index in [0.717, 1.165) is 6.07 Å². The maximum Gasteiger partial charge on any atom is 0.254 e. The molecule has 0 aliphatic rings. The van der Waals surface area contributed by atoms with E-state index < -0.39 is 17.2 Å². The third-order valence-corrected chi connectivity index (χ3v) is 3.35. The Morgan fingerprint density at radius 3 is 2.53 bits per heavy atom. The van der Waals surface area contributed by atoms with Crippen LogP contribution in [0.5, 0.6) is 0 Å². The van der Waals surface area contributed by atoms with Crippen LogP contribution in [0.25, 0.3) is 0 Å². The lowest BCUT2D eigenvalue weighted by Gasteiger charge is -2.30. The van der Waals surface area contributed by atoms with Gasteiger partial charge in [-0.3, -0.25) is 4.79 Å². The summed E-state index contributed by atoms with van der Waals surface area (Å²) in [4.78, 5) is 13.6. The summed E-state index contributed by atoms with van der Waals surface area (Å²) in [7, 11) is 3.03. The Labute approximate surface area is 112 Å². The van der Waals surface area contributed by atoms with Crippen molar-refractivity contribution in [3.63, 3.8) is 0 Å². The number of likely N-dealkylation sites (N-methyl/N-ethyl adjacent to an activating group) is 1. The van der Waals surface area contributed by atoms with Crippen LogP contribution in [-0.2, 0) is 16.1 Å². The standard InChI is InChI=1S/C14H19F2NO2/c1-5-14(2,19-4)13(18)17(3)9-10-6-7-11(15)8-12(10)16/h6-8H,5,9H2,1-4H3. The number of hydrogen-bond donors (Lipinski definition) is 0. The fourth-order valence-electron chi connectivity index (χ4n) is 1.76. The summed E-state index contributed by atoms with van der Waals surface area (Å²) in [5.41, 5.74) is -0.655. The van der Waals surface area contributed by atoms with Gasteiger partial charge in [0.1, 0.15) is 17.2 Å². The Hall–Kier alpha value is -1.49. The van der Waals surface area contributed by atoms with Gasteiger partial charge in [-0.2, -0.15) is 0 Å². The molecule has 1 aromatic rings. The third-order valence-electron chi connectivity index (χ3n) is 3.35. The summed E-state index contributed by atoms with van der Waals surface area (Å²) in [6.07, 6.45) is 0.512. The Morgan fingerprint density at radius 1 is 1.42 bits per heavy atom. The molecule has 19 heavy (non-hydrogen) atoms. The maximum absolute atomic E-state index is 13.5. The normalized spacial score (nSPS) is 14.0. The predicted molar refractivity (Wildman–Crippen MR) is 68.5 cm³/mol. The minimum atomic E-state index is -0.925. The highest BCUT2D eigenvalue weighted by atomic mass is 19.1. The molecule has 0 aliphatic heterocycles. The molecule has 0 saturated heterocycles. The fraction of sp³-hybridized carbons (Fsp3) is 0.500. The van der Waals surface area contributed by atoms with Gasteiger partial charge < -0.3 is 9.64 Å². The van der Waals surface area contributed by atoms with E-state index in [1.165, 1.54) is 24.1 Å². The molecule has 1 atom stereocenters. The maximum atomic E-state index is 13.5. The van der Waals surface area contributed by atoms with Crippen LogP contribution < -0.4 is 0 Å². The van der Waals surface area contributed by atoms with Crippen molar-refractivity contribution >= 4 is 5.91 Å². The number of ether oxygens (including phenoxy) is 1. The average Bonchev–Trinajstić information content (AvgIpc) is 2.40. The fourth-order valence-corrected chi connectivity index (χ4v) is 1.76. The van der Waals surface area contributed by atoms with Crippen molar-refractivity contribution in [2.75, 3.05) is 14.2 Å². The third kappa shape index (κ3) is 3.50. The molecule has 0 fully saturated rings. The van der Waals surface area contributed by atoms with E-state index in [4.69, 9.17) is 4.74 Å². The van der Waals surface area contributed by atoms with Gasteiger partial charge >= 0.3 is 0 Å². The van der Waals surface area contributed by atoms with Gasteiger partial charge in [-0.25, -0.2) is 8.78 Å². The van der Waals surface area contributed by atoms with E-state index in [0.29, 0.717) is 6.42 Å². The van der Waals surface area contributed by atoms with Crippen molar-refractivity contribution in [3.8, 4) is 0 Å². The molecule has 1 unspecified atom stereocenters. The number of methoxy groups -OCH3 is 1. The average molecular weight is 271 g/mol. The SMILES string of the molecule is CCC(C)(OC)C(=O)N(C)Cc1ccc(F)cc1F. The van der Waals surface area contributed by atoms with Crippen molar-refractivity contribution < 1.29 is 18.3 Å². The summed E-state index contributed by atoms with van der Waals surface area (Å²) < 4.78 is 31.5. The molecule has 106 valence electrons. The second-order valence-corrected chi connectivity index (χ2v) is 4.69. The molecule has 0 N–H and O–H groups in total. The van der Waals surface area contributed by atoms with Gasteiger partial charge in [-0.1, -0.05) is 13.0 Å². The van der Waals surface area contributed by atoms with Gasteiger partial charge in [0.05, 0.1) is 0 Å². The molecule has 1 amide bonds. The van der Waals surface area contributed by atoms with Crippen LogP contribution in [0.1, 0.15) is 25.8 Å². The molecule has 0 saturated carbocycles. The van der Waals surface area contributed by atoms with Gasteiger partial charge in [0, 0.05) is 32.3 Å². The number of nitrogens with zero attached hydrogens (tertiary/aromatic N) is 1. The monoisotopic (exact) mass is 271 g/mol. The summed E-state index contributed by atoms with van der Waals surface area (Å²) in [6.45, 7) is 3.60. The first-order valence-corrected chi connectivity index (χ1v) is 6.08. The van der Waals surface area contributed by atoms with Crippen LogP contribution in [0.15, 0.2) is 18.2 Å². The minimum absolute atomic E-state index is 0.0733. The van der Waals surface area contributed by atoms with Crippen LogP contribution in [0.3, 0.4) is 0 Å². The predicted octanol–water partition coefficient (Wildman–Crippen LogP) is 2.74. The molecule has 1 aromatic carbocycles. The van der Waals surface area contributed by atoms with Crippen molar-refractivity contribution in [2.45, 2.75) is 32.4 Å². The van der Waals surface area contributed by atoms with Crippen molar-refractivity contribution in [3.05, 3.63) is 35.4 Å². The second kappa shape index (κ2) is 6.10. The smallest absolute Gasteiger partial charge is 0.254 e. The molecular formula is C14H19F2NO2. The number of benzene rings is 1. The van der Waals surface area contributed by atoms with E-state index in [1.807, 2.05) is 6.92 Å². The molecular weight excluding hydrogens is 252 g/mol. The Balaban J connectivity index is 2.85. The van der Waals surface area contributed by atoms with Gasteiger partial charge in [0.25, 0.3) is 5.91 Å². The lowest BCUT2D eigenvalue weighted by atomic mass is 10.0. The van der Waals surface area contributed by atoms with Gasteiger partial charge in [0.2, 0.25) is 0 Å². The summed E-state index contributed by atoms with van der Waals surface area (Å²) in [5, 5.41) is 0. The summed E-state index contributed by atoms with van der Waals surface area (Å²) in [6, 6.07) is 3.32. The van der Waals surface area contributed by atoms with Crippen molar-refractivity contribution in [1.29, 1.82) is 0 Å². The first-order valence-electron chi connectivity index (χ1n) is 6.08. The van der Waals surface area contributed by atoms with Gasteiger partial charge in [-0.05, 0) is 19.4 Å². The molecule has 0 aromatic heterocycles. The number of halogens is 2. The number of carbonyl (C=O) groups excluding carboxylic acids is 1. The number of amides is 1. The zero-order valence-electron chi connectivity index (χ0n) is 11.7. The molecule has 0 radical (unpaired) electrons. The lowest BCUT2D eigenvalue weighted by molar-refractivity contribution is -0.152. The molecule has 0 spiro atoms. The molecule has 0 heterocycles. The van der Waals surface area contributed by atoms with E-state index in [-0.39, 0.29) is 18.0 Å². The van der Waals surface area contributed by atoms with E-state index >= 15 is 0 Å². The van der Waals surface area contributed by atoms with Crippen molar-refractivity contribution in [2.24, 2.45) is 0 Å². The molecule has 1 rings (SSSR count). The zero-order valence-corrected chi connectivity index (χ0v) is 11.7. The van der Waals surface area contributed by atoms with Crippen LogP contribution in [0, 0.1) is 11.6 Å². The Bertz CT molecular complexity index is 459. The largest absolute Gasteiger partial charge is 0.369 e. The number of rotatable bonds is 5. The van der Waals surface area contributed by atoms with E-state index in [1.54, 1.807) is 14.0 Å². The van der Waals surface area contributed by atoms with Crippen molar-refractivity contribution in [1.82, 2.24) is 4.90 Å². The quantitative estimate of drug-likeness (QED) is 0.824. The molecule has 5 heteroatoms. The first kappa shape index (κ1) is 15.6. The highest BCUT2D eigenvalue weighted by molar-refractivity contribution is 5.84. The summed E-state index contributed by atoms with van der Waals surface area (Å²) >= 11 is 0. The Kier molecular flexibility index (Phi) is 5.00. The second-order valence-electron chi connectivity index (χ2n) is 4.69. The van der Waals surface area contributed by atoms with Gasteiger partial charge in [-0.15, -0.1) is 0 Å². The topological polar surface area (TPSA) is 29.5 Å². The van der Waals surface area contributed by atoms with Gasteiger partial charge in [0.15, 0.2) is 0 Å². The van der Waals surface area contributed by atoms with Crippen LogP contribution >= 0.6 is 0 Å². The number of hydrogen-bond acceptors (Lipinski definition) is 2. The summed E-state index contributed by atoms with van der Waals surface area (Å²) in [5.74, 6) is -1.53. The molecule has 0 bridgehead atoms. The Morgan fingerprint density at radius 2 is 2.05 bits per heavy atom. The van der Waals surface area contributed by atoms with Crippen LogP contribution in [0.4, 0.5) is 8.78 Å². The minimum Gasteiger partial charge on any atom is -0.369 e. The van der Waals surface area contributed by atoms with E-state index in [9.17, 15) is 13.6 Å².